The van der Waals surface area contributed by atoms with Crippen molar-refractivity contribution in [2.24, 2.45) is 0 Å². The molecule has 0 saturated carbocycles. The van der Waals surface area contributed by atoms with E-state index < -0.39 is 12.2 Å². The normalized spacial score (nSPS) is 12.2. The van der Waals surface area contributed by atoms with E-state index >= 15 is 0 Å². The van der Waals surface area contributed by atoms with Gasteiger partial charge in [-0.1, -0.05) is 0 Å². The molecule has 0 aliphatic heterocycles. The molecule has 0 aromatic rings. The second-order valence-corrected chi connectivity index (χ2v) is 4.68. The molecule has 0 atom stereocenters. The quantitative estimate of drug-likeness (QED) is 0.410. The maximum Gasteiger partial charge on any atom is 0.263 e. The van der Waals surface area contributed by atoms with Crippen molar-refractivity contribution in [3.8, 4) is 6.07 Å². The second kappa shape index (κ2) is 7.69. The van der Waals surface area contributed by atoms with Crippen molar-refractivity contribution in [3.05, 3.63) is 11.8 Å². The van der Waals surface area contributed by atoms with E-state index in [2.05, 4.69) is 10.6 Å². The van der Waals surface area contributed by atoms with Gasteiger partial charge in [-0.25, -0.2) is 0 Å². The number of nitrogens with zero attached hydrogens (tertiary/aromatic N) is 1. The fraction of sp³-hybridized carbons (Fsp3) is 0.667. The minimum Gasteiger partial charge on any atom is -0.385 e. The molecule has 1 amide bonds. The van der Waals surface area contributed by atoms with Crippen LogP contribution in [0.25, 0.3) is 0 Å². The van der Waals surface area contributed by atoms with Crippen LogP contribution in [0.3, 0.4) is 0 Å². The molecule has 2 N–H and O–H groups in total. The molecular formula is C12H21N3O3. The number of hydrogen-bond donors (Lipinski definition) is 2. The average molecular weight is 255 g/mol. The van der Waals surface area contributed by atoms with Gasteiger partial charge in [0.25, 0.3) is 5.91 Å². The zero-order valence-corrected chi connectivity index (χ0v) is 11.5. The monoisotopic (exact) mass is 255 g/mol. The van der Waals surface area contributed by atoms with Crippen LogP contribution in [-0.2, 0) is 14.3 Å². The number of nitrogens with one attached hydrogen (secondary N) is 2. The van der Waals surface area contributed by atoms with Crippen LogP contribution in [-0.4, -0.2) is 38.5 Å². The van der Waals surface area contributed by atoms with Crippen LogP contribution in [0.15, 0.2) is 11.8 Å². The molecule has 0 heterocycles. The van der Waals surface area contributed by atoms with Gasteiger partial charge in [-0.05, 0) is 20.8 Å². The first kappa shape index (κ1) is 16.4. The molecule has 6 heteroatoms. The Balaban J connectivity index is 4.41. The van der Waals surface area contributed by atoms with Gasteiger partial charge in [-0.3, -0.25) is 4.79 Å². The van der Waals surface area contributed by atoms with Crippen LogP contribution in [0.1, 0.15) is 20.8 Å². The molecule has 0 aliphatic rings. The summed E-state index contributed by atoms with van der Waals surface area (Å²) in [6.45, 7) is 5.89. The van der Waals surface area contributed by atoms with Gasteiger partial charge in [0.05, 0.1) is 6.54 Å². The highest BCUT2D eigenvalue weighted by Crippen LogP contribution is 2.01. The summed E-state index contributed by atoms with van der Waals surface area (Å²) in [7, 11) is 3.02. The standard InChI is InChI=1S/C12H21N3O3/c1-12(2,3)15-11(16)9(6-13)7-14-8-10(17-4)18-5/h7,10,14H,8H2,1-5H3,(H,15,16)/b9-7-. The predicted octanol–water partition coefficient (Wildman–Crippen LogP) is 0.517. The van der Waals surface area contributed by atoms with Gasteiger partial charge in [0.2, 0.25) is 0 Å². The molecule has 0 rings (SSSR count). The Morgan fingerprint density at radius 1 is 1.39 bits per heavy atom. The largest absolute Gasteiger partial charge is 0.385 e. The minimum atomic E-state index is -0.424. The lowest BCUT2D eigenvalue weighted by molar-refractivity contribution is -0.118. The van der Waals surface area contributed by atoms with E-state index in [1.165, 1.54) is 20.4 Å². The lowest BCUT2D eigenvalue weighted by atomic mass is 10.1. The fourth-order valence-electron chi connectivity index (χ4n) is 1.08. The topological polar surface area (TPSA) is 83.4 Å². The van der Waals surface area contributed by atoms with Gasteiger partial charge < -0.3 is 20.1 Å². The van der Waals surface area contributed by atoms with Gasteiger partial charge >= 0.3 is 0 Å². The highest BCUT2D eigenvalue weighted by atomic mass is 16.7. The summed E-state index contributed by atoms with van der Waals surface area (Å²) < 4.78 is 9.92. The van der Waals surface area contributed by atoms with E-state index in [9.17, 15) is 4.79 Å². The summed E-state index contributed by atoms with van der Waals surface area (Å²) in [6, 6.07) is 1.84. The van der Waals surface area contributed by atoms with Gasteiger partial charge in [-0.2, -0.15) is 5.26 Å². The lowest BCUT2D eigenvalue weighted by Crippen LogP contribution is -2.41. The molecule has 18 heavy (non-hydrogen) atoms. The summed E-state index contributed by atoms with van der Waals surface area (Å²) in [5.74, 6) is -0.413. The van der Waals surface area contributed by atoms with Crippen LogP contribution < -0.4 is 10.6 Å². The Morgan fingerprint density at radius 3 is 2.33 bits per heavy atom. The number of carbonyl (C=O) groups is 1. The Hall–Kier alpha value is -1.58. The minimum absolute atomic E-state index is 0.0101. The molecule has 0 spiro atoms. The van der Waals surface area contributed by atoms with Crippen LogP contribution >= 0.6 is 0 Å². The Bertz CT molecular complexity index is 335. The summed E-state index contributed by atoms with van der Waals surface area (Å²) in [6.07, 6.45) is 0.929. The van der Waals surface area contributed by atoms with E-state index in [0.717, 1.165) is 0 Å². The molecule has 0 bridgehead atoms. The van der Waals surface area contributed by atoms with E-state index in [-0.39, 0.29) is 11.1 Å². The molecule has 0 aliphatic carbocycles. The summed E-state index contributed by atoms with van der Waals surface area (Å²) >= 11 is 0. The SMILES string of the molecule is COC(CN/C=C(/C#N)C(=O)NC(C)(C)C)OC. The summed E-state index contributed by atoms with van der Waals surface area (Å²) in [4.78, 5) is 11.7. The lowest BCUT2D eigenvalue weighted by Gasteiger charge is -2.20. The average Bonchev–Trinajstić information content (AvgIpc) is 2.27. The Kier molecular flexibility index (Phi) is 7.01. The van der Waals surface area contributed by atoms with Crippen molar-refractivity contribution in [2.45, 2.75) is 32.6 Å². The molecule has 0 radical (unpaired) electrons. The first-order valence-corrected chi connectivity index (χ1v) is 5.55. The third kappa shape index (κ3) is 6.89. The smallest absolute Gasteiger partial charge is 0.263 e. The van der Waals surface area contributed by atoms with Gasteiger partial charge in [0.1, 0.15) is 11.6 Å². The van der Waals surface area contributed by atoms with Gasteiger partial charge in [0, 0.05) is 26.0 Å². The first-order chi connectivity index (χ1) is 8.34. The molecular weight excluding hydrogens is 234 g/mol. The number of rotatable bonds is 6. The number of amides is 1. The number of carbonyl (C=O) groups excluding carboxylic acids is 1. The molecule has 0 unspecified atom stereocenters. The van der Waals surface area contributed by atoms with E-state index in [4.69, 9.17) is 14.7 Å². The molecule has 6 nitrogen and oxygen atoms in total. The van der Waals surface area contributed by atoms with Crippen LogP contribution in [0.4, 0.5) is 0 Å². The molecule has 102 valence electrons. The first-order valence-electron chi connectivity index (χ1n) is 5.55. The second-order valence-electron chi connectivity index (χ2n) is 4.68. The van der Waals surface area contributed by atoms with E-state index in [1.54, 1.807) is 0 Å². The van der Waals surface area contributed by atoms with Crippen LogP contribution in [0.2, 0.25) is 0 Å². The summed E-state index contributed by atoms with van der Waals surface area (Å²) in [5, 5.41) is 14.4. The molecule has 0 saturated heterocycles. The van der Waals surface area contributed by atoms with E-state index in [0.29, 0.717) is 6.54 Å². The zero-order valence-electron chi connectivity index (χ0n) is 11.5. The zero-order chi connectivity index (χ0) is 14.2. The number of nitriles is 1. The Morgan fingerprint density at radius 2 is 1.94 bits per heavy atom. The van der Waals surface area contributed by atoms with Gasteiger partial charge in [0.15, 0.2) is 6.29 Å². The van der Waals surface area contributed by atoms with Crippen molar-refractivity contribution >= 4 is 5.91 Å². The van der Waals surface area contributed by atoms with Crippen LogP contribution in [0.5, 0.6) is 0 Å². The van der Waals surface area contributed by atoms with Crippen molar-refractivity contribution in [2.75, 3.05) is 20.8 Å². The van der Waals surface area contributed by atoms with E-state index in [1.807, 2.05) is 26.8 Å². The van der Waals surface area contributed by atoms with Crippen molar-refractivity contribution < 1.29 is 14.3 Å². The van der Waals surface area contributed by atoms with Crippen molar-refractivity contribution in [1.29, 1.82) is 5.26 Å². The van der Waals surface area contributed by atoms with Crippen molar-refractivity contribution in [3.63, 3.8) is 0 Å². The Labute approximate surface area is 108 Å². The third-order valence-corrected chi connectivity index (χ3v) is 1.91. The highest BCUT2D eigenvalue weighted by Gasteiger charge is 2.17. The third-order valence-electron chi connectivity index (χ3n) is 1.91. The fourth-order valence-corrected chi connectivity index (χ4v) is 1.08. The molecule has 0 fully saturated rings. The predicted molar refractivity (Wildman–Crippen MR) is 67.4 cm³/mol. The highest BCUT2D eigenvalue weighted by molar-refractivity contribution is 5.97. The molecule has 0 aromatic carbocycles. The molecule has 0 aromatic heterocycles. The number of methoxy groups -OCH3 is 2. The number of ether oxygens (including phenoxy) is 2. The summed E-state index contributed by atoms with van der Waals surface area (Å²) in [5.41, 5.74) is -0.370. The van der Waals surface area contributed by atoms with Crippen molar-refractivity contribution in [1.82, 2.24) is 10.6 Å². The maximum absolute atomic E-state index is 11.7. The maximum atomic E-state index is 11.7. The van der Waals surface area contributed by atoms with Gasteiger partial charge in [-0.15, -0.1) is 0 Å². The van der Waals surface area contributed by atoms with Crippen LogP contribution in [0, 0.1) is 11.3 Å². The number of hydrogen-bond acceptors (Lipinski definition) is 5.